The Kier molecular flexibility index (Phi) is 11.0. The zero-order valence-electron chi connectivity index (χ0n) is 30.7. The molecule has 2 N–H and O–H groups in total. The monoisotopic (exact) mass is 756 g/mol. The van der Waals surface area contributed by atoms with E-state index in [1.165, 1.54) is 5.39 Å². The first-order valence-corrected chi connectivity index (χ1v) is 19.7. The predicted octanol–water partition coefficient (Wildman–Crippen LogP) is 8.89. The second-order valence-corrected chi connectivity index (χ2v) is 16.8. The Labute approximate surface area is 316 Å². The van der Waals surface area contributed by atoms with E-state index >= 15 is 0 Å². The van der Waals surface area contributed by atoms with E-state index in [2.05, 4.69) is 68.6 Å². The van der Waals surface area contributed by atoms with Crippen LogP contribution in [0.2, 0.25) is 0 Å². The SMILES string of the molecule is CCN(C)Sc1ccc(N2CCC(F)(F)C2)c(-c2cc3ccccc3[nH]2)c1.COC1CN(c2ccc(S(=O)N(C)C)cc2-c2cc3ccccc3[nH]2)C1. The van der Waals surface area contributed by atoms with E-state index in [0.717, 1.165) is 79.7 Å². The maximum Gasteiger partial charge on any atom is 0.266 e. The number of para-hydroxylation sites is 2. The van der Waals surface area contributed by atoms with Gasteiger partial charge >= 0.3 is 0 Å². The fraction of sp³-hybridized carbons (Fsp3) is 0.317. The summed E-state index contributed by atoms with van der Waals surface area (Å²) in [6.07, 6.45) is 0.190. The van der Waals surface area contributed by atoms with Crippen LogP contribution >= 0.6 is 11.9 Å². The highest BCUT2D eigenvalue weighted by atomic mass is 32.2. The molecular weight excluding hydrogens is 711 g/mol. The molecule has 0 spiro atoms. The van der Waals surface area contributed by atoms with Crippen molar-refractivity contribution in [2.75, 3.05) is 70.8 Å². The number of ether oxygens (including phenoxy) is 1. The highest BCUT2D eigenvalue weighted by Crippen LogP contribution is 2.40. The number of alkyl halides is 2. The number of hydrogen-bond donors (Lipinski definition) is 2. The molecule has 1 unspecified atom stereocenters. The highest BCUT2D eigenvalue weighted by Gasteiger charge is 2.39. The molecule has 2 saturated heterocycles. The average molecular weight is 757 g/mol. The van der Waals surface area contributed by atoms with E-state index < -0.39 is 16.9 Å². The molecule has 53 heavy (non-hydrogen) atoms. The highest BCUT2D eigenvalue weighted by molar-refractivity contribution is 7.97. The van der Waals surface area contributed by atoms with Gasteiger partial charge in [-0.3, -0.25) is 0 Å². The van der Waals surface area contributed by atoms with E-state index in [0.29, 0.717) is 6.54 Å². The first kappa shape index (κ1) is 37.1. The van der Waals surface area contributed by atoms with Crippen molar-refractivity contribution in [1.29, 1.82) is 0 Å². The molecule has 8 nitrogen and oxygen atoms in total. The Morgan fingerprint density at radius 2 is 1.42 bits per heavy atom. The summed E-state index contributed by atoms with van der Waals surface area (Å²) >= 11 is 1.66. The van der Waals surface area contributed by atoms with E-state index in [-0.39, 0.29) is 19.1 Å². The van der Waals surface area contributed by atoms with Crippen LogP contribution in [0.1, 0.15) is 13.3 Å². The maximum atomic E-state index is 13.8. The normalized spacial score (nSPS) is 16.4. The van der Waals surface area contributed by atoms with E-state index in [1.807, 2.05) is 75.7 Å². The third-order valence-electron chi connectivity index (χ3n) is 9.85. The van der Waals surface area contributed by atoms with Crippen molar-refractivity contribution in [2.45, 2.75) is 35.2 Å². The van der Waals surface area contributed by atoms with Crippen molar-refractivity contribution in [3.05, 3.63) is 97.1 Å². The molecule has 2 aliphatic rings. The van der Waals surface area contributed by atoms with Crippen LogP contribution in [-0.2, 0) is 15.7 Å². The van der Waals surface area contributed by atoms with Crippen LogP contribution in [0, 0.1) is 0 Å². The molecule has 0 bridgehead atoms. The van der Waals surface area contributed by atoms with Crippen LogP contribution in [0.15, 0.2) is 107 Å². The molecule has 2 fully saturated rings. The molecule has 0 aliphatic carbocycles. The molecule has 2 aromatic heterocycles. The smallest absolute Gasteiger partial charge is 0.266 e. The molecule has 4 aromatic carbocycles. The number of benzene rings is 4. The van der Waals surface area contributed by atoms with Gasteiger partial charge in [-0.2, -0.15) is 0 Å². The summed E-state index contributed by atoms with van der Waals surface area (Å²) in [5.74, 6) is -2.62. The van der Waals surface area contributed by atoms with Gasteiger partial charge in [0.2, 0.25) is 0 Å². The lowest BCUT2D eigenvalue weighted by atomic mass is 10.0. The van der Waals surface area contributed by atoms with Crippen LogP contribution in [0.5, 0.6) is 0 Å². The number of fused-ring (bicyclic) bond motifs is 2. The Morgan fingerprint density at radius 1 is 0.830 bits per heavy atom. The first-order chi connectivity index (χ1) is 25.5. The molecule has 0 saturated carbocycles. The molecule has 0 radical (unpaired) electrons. The minimum Gasteiger partial charge on any atom is -0.378 e. The number of H-pyrrole nitrogens is 2. The Morgan fingerprint density at radius 3 is 1.96 bits per heavy atom. The number of nitrogens with zero attached hydrogens (tertiary/aromatic N) is 4. The number of methoxy groups -OCH3 is 1. The summed E-state index contributed by atoms with van der Waals surface area (Å²) < 4.78 is 49.5. The zero-order valence-corrected chi connectivity index (χ0v) is 32.4. The summed E-state index contributed by atoms with van der Waals surface area (Å²) in [7, 11) is 6.27. The maximum absolute atomic E-state index is 13.8. The standard InChI is InChI=1S/C21H23F2N3S.C20H23N3O2S/c1-3-25(2)27-16-8-9-20(26-11-10-21(22,23)14-26)17(13-16)19-12-15-6-4-5-7-18(15)24-19;1-22(2)26(24)16-8-9-20(23-12-15(13-23)25-3)17(11-16)19-10-14-6-4-5-7-18(14)21-19/h4-9,12-13,24H,3,10-11,14H2,1-2H3;4-11,15,21H,12-13H2,1-3H3. The number of aromatic nitrogens is 2. The van der Waals surface area contributed by atoms with Gasteiger partial charge in [0.1, 0.15) is 11.0 Å². The van der Waals surface area contributed by atoms with Gasteiger partial charge in [-0.05, 0) is 93.8 Å². The van der Waals surface area contributed by atoms with Crippen LogP contribution in [0.4, 0.5) is 20.2 Å². The lowest BCUT2D eigenvalue weighted by molar-refractivity contribution is 0.0257. The largest absolute Gasteiger partial charge is 0.378 e. The van der Waals surface area contributed by atoms with Gasteiger partial charge in [-0.25, -0.2) is 21.6 Å². The Bertz CT molecular complexity index is 2170. The van der Waals surface area contributed by atoms with Gasteiger partial charge in [0.15, 0.2) is 0 Å². The van der Waals surface area contributed by atoms with Gasteiger partial charge < -0.3 is 24.5 Å². The minimum atomic E-state index is -2.62. The molecule has 1 atom stereocenters. The summed E-state index contributed by atoms with van der Waals surface area (Å²) in [4.78, 5) is 13.0. The molecular formula is C41H46F2N6O2S2. The summed E-state index contributed by atoms with van der Waals surface area (Å²) in [6, 6.07) is 32.8. The molecule has 2 aliphatic heterocycles. The van der Waals surface area contributed by atoms with E-state index in [9.17, 15) is 13.0 Å². The van der Waals surface area contributed by atoms with Crippen molar-refractivity contribution >= 4 is 56.1 Å². The Balaban J connectivity index is 0.000000164. The van der Waals surface area contributed by atoms with Crippen molar-refractivity contribution in [1.82, 2.24) is 18.6 Å². The minimum absolute atomic E-state index is 0.0891. The molecule has 12 heteroatoms. The van der Waals surface area contributed by atoms with Gasteiger partial charge in [-0.1, -0.05) is 43.3 Å². The summed E-state index contributed by atoms with van der Waals surface area (Å²) in [5, 5.41) is 2.29. The topological polar surface area (TPSA) is 70.8 Å². The Hall–Kier alpha value is -4.20. The van der Waals surface area contributed by atoms with Crippen molar-refractivity contribution in [2.24, 2.45) is 0 Å². The second-order valence-electron chi connectivity index (χ2n) is 13.8. The number of nitrogens with one attached hydrogen (secondary N) is 2. The third kappa shape index (κ3) is 8.17. The van der Waals surface area contributed by atoms with Gasteiger partial charge in [0, 0.05) is 100 Å². The zero-order chi connectivity index (χ0) is 37.3. The van der Waals surface area contributed by atoms with E-state index in [4.69, 9.17) is 4.74 Å². The van der Waals surface area contributed by atoms with E-state index in [1.54, 1.807) is 28.3 Å². The number of hydrogen-bond acceptors (Lipinski definition) is 6. The number of rotatable bonds is 10. The van der Waals surface area contributed by atoms with Gasteiger partial charge in [0.25, 0.3) is 5.92 Å². The predicted molar refractivity (Wildman–Crippen MR) is 217 cm³/mol. The molecule has 0 amide bonds. The third-order valence-corrected chi connectivity index (χ3v) is 12.2. The fourth-order valence-corrected chi connectivity index (χ4v) is 8.41. The van der Waals surface area contributed by atoms with Gasteiger partial charge in [0.05, 0.1) is 17.5 Å². The van der Waals surface area contributed by atoms with Crippen LogP contribution < -0.4 is 9.80 Å². The van der Waals surface area contributed by atoms with Crippen LogP contribution in [0.25, 0.3) is 44.3 Å². The lowest BCUT2D eigenvalue weighted by Gasteiger charge is -2.41. The molecule has 8 rings (SSSR count). The van der Waals surface area contributed by atoms with Crippen LogP contribution in [-0.4, -0.2) is 95.8 Å². The lowest BCUT2D eigenvalue weighted by Crippen LogP contribution is -2.52. The average Bonchev–Trinajstić information content (AvgIpc) is 3.87. The van der Waals surface area contributed by atoms with Gasteiger partial charge in [-0.15, -0.1) is 0 Å². The molecule has 6 aromatic rings. The van der Waals surface area contributed by atoms with Crippen molar-refractivity contribution < 1.29 is 17.7 Å². The first-order valence-electron chi connectivity index (χ1n) is 17.8. The molecule has 278 valence electrons. The quantitative estimate of drug-likeness (QED) is 0.136. The summed E-state index contributed by atoms with van der Waals surface area (Å²) in [6.45, 7) is 4.93. The fourth-order valence-electron chi connectivity index (χ4n) is 6.80. The number of aromatic amines is 2. The van der Waals surface area contributed by atoms with Crippen molar-refractivity contribution in [3.63, 3.8) is 0 Å². The van der Waals surface area contributed by atoms with Crippen LogP contribution in [0.3, 0.4) is 0 Å². The number of halogens is 2. The number of anilines is 2. The summed E-state index contributed by atoms with van der Waals surface area (Å²) in [5.41, 5.74) is 8.20. The second kappa shape index (κ2) is 15.6. The molecule has 4 heterocycles. The van der Waals surface area contributed by atoms with Crippen molar-refractivity contribution in [3.8, 4) is 22.5 Å².